The van der Waals surface area contributed by atoms with E-state index in [0.717, 1.165) is 19.0 Å². The van der Waals surface area contributed by atoms with Gasteiger partial charge in [-0.2, -0.15) is 0 Å². The van der Waals surface area contributed by atoms with E-state index in [1.807, 2.05) is 0 Å². The average molecular weight is 258 g/mol. The second-order valence-corrected chi connectivity index (χ2v) is 6.37. The highest BCUT2D eigenvalue weighted by molar-refractivity contribution is 5.30. The smallest absolute Gasteiger partial charge is 0.0256 e. The first-order valence-electron chi connectivity index (χ1n) is 7.84. The van der Waals surface area contributed by atoms with E-state index < -0.39 is 0 Å². The summed E-state index contributed by atoms with van der Waals surface area (Å²) in [5.74, 6) is 0.901. The molecule has 2 aliphatic rings. The molecule has 0 radical (unpaired) electrons. The molecule has 2 N–H and O–H groups in total. The van der Waals surface area contributed by atoms with E-state index in [9.17, 15) is 0 Å². The predicted molar refractivity (Wildman–Crippen MR) is 79.7 cm³/mol. The first-order chi connectivity index (χ1) is 9.28. The van der Waals surface area contributed by atoms with Crippen LogP contribution >= 0.6 is 0 Å². The van der Waals surface area contributed by atoms with Crippen molar-refractivity contribution in [3.8, 4) is 0 Å². The van der Waals surface area contributed by atoms with Crippen LogP contribution in [0.1, 0.15) is 50.2 Å². The molecule has 1 fully saturated rings. The fourth-order valence-electron chi connectivity index (χ4n) is 3.94. The lowest BCUT2D eigenvalue weighted by Gasteiger charge is -2.39. The number of hydrogen-bond donors (Lipinski definition) is 1. The molecule has 0 aromatic heterocycles. The van der Waals surface area contributed by atoms with Gasteiger partial charge in [0.25, 0.3) is 0 Å². The predicted octanol–water partition coefficient (Wildman–Crippen LogP) is 3.30. The maximum atomic E-state index is 6.41. The van der Waals surface area contributed by atoms with Crippen molar-refractivity contribution in [3.63, 3.8) is 0 Å². The molecule has 19 heavy (non-hydrogen) atoms. The van der Waals surface area contributed by atoms with Gasteiger partial charge in [-0.05, 0) is 36.3 Å². The second-order valence-electron chi connectivity index (χ2n) is 6.37. The fourth-order valence-corrected chi connectivity index (χ4v) is 3.94. The van der Waals surface area contributed by atoms with Gasteiger partial charge in [-0.1, -0.05) is 44.0 Å². The molecule has 0 amide bonds. The van der Waals surface area contributed by atoms with E-state index >= 15 is 0 Å². The normalized spacial score (nSPS) is 31.4. The zero-order chi connectivity index (χ0) is 13.2. The molecule has 0 bridgehead atoms. The topological polar surface area (TPSA) is 29.3 Å². The van der Waals surface area contributed by atoms with Crippen LogP contribution in [-0.4, -0.2) is 17.0 Å². The number of nitrogens with two attached hydrogens (primary N) is 1. The molecule has 1 aromatic carbocycles. The molecule has 1 aliphatic heterocycles. The van der Waals surface area contributed by atoms with Crippen LogP contribution in [0.3, 0.4) is 0 Å². The van der Waals surface area contributed by atoms with Gasteiger partial charge in [0.1, 0.15) is 0 Å². The highest BCUT2D eigenvalue weighted by Gasteiger charge is 2.34. The van der Waals surface area contributed by atoms with Gasteiger partial charge in [0.15, 0.2) is 0 Å². The molecule has 2 nitrogen and oxygen atoms in total. The van der Waals surface area contributed by atoms with E-state index in [2.05, 4.69) is 36.1 Å². The Morgan fingerprint density at radius 1 is 1.16 bits per heavy atom. The average Bonchev–Trinajstić information content (AvgIpc) is 2.85. The Bertz CT molecular complexity index is 404. The van der Waals surface area contributed by atoms with E-state index in [1.165, 1.54) is 43.2 Å². The van der Waals surface area contributed by atoms with E-state index in [4.69, 9.17) is 5.73 Å². The Morgan fingerprint density at radius 3 is 2.47 bits per heavy atom. The molecule has 1 saturated carbocycles. The third kappa shape index (κ3) is 2.70. The van der Waals surface area contributed by atoms with Gasteiger partial charge in [0.2, 0.25) is 0 Å². The third-order valence-corrected chi connectivity index (χ3v) is 5.01. The quantitative estimate of drug-likeness (QED) is 0.901. The molecule has 3 unspecified atom stereocenters. The van der Waals surface area contributed by atoms with Crippen LogP contribution in [0.15, 0.2) is 24.3 Å². The van der Waals surface area contributed by atoms with Crippen molar-refractivity contribution < 1.29 is 0 Å². The summed E-state index contributed by atoms with van der Waals surface area (Å²) >= 11 is 0. The van der Waals surface area contributed by atoms with Crippen LogP contribution < -0.4 is 5.73 Å². The summed E-state index contributed by atoms with van der Waals surface area (Å²) < 4.78 is 0. The zero-order valence-electron chi connectivity index (χ0n) is 12.0. The molecule has 1 aliphatic carbocycles. The highest BCUT2D eigenvalue weighted by Crippen LogP contribution is 2.34. The Labute approximate surface area is 117 Å². The van der Waals surface area contributed by atoms with Crippen molar-refractivity contribution in [2.24, 2.45) is 11.7 Å². The summed E-state index contributed by atoms with van der Waals surface area (Å²) in [5.41, 5.74) is 9.42. The van der Waals surface area contributed by atoms with Crippen LogP contribution in [-0.2, 0) is 13.1 Å². The molecule has 104 valence electrons. The molecule has 0 saturated heterocycles. The summed E-state index contributed by atoms with van der Waals surface area (Å²) in [4.78, 5) is 2.62. The first-order valence-corrected chi connectivity index (χ1v) is 7.84. The zero-order valence-corrected chi connectivity index (χ0v) is 12.0. The molecule has 1 aromatic rings. The molecule has 1 heterocycles. The molecule has 0 spiro atoms. The number of nitrogens with zero attached hydrogens (tertiary/aromatic N) is 1. The van der Waals surface area contributed by atoms with Gasteiger partial charge in [0.05, 0.1) is 0 Å². The molecule has 3 atom stereocenters. The summed E-state index contributed by atoms with van der Waals surface area (Å²) in [6.45, 7) is 4.51. The second kappa shape index (κ2) is 5.64. The number of benzene rings is 1. The van der Waals surface area contributed by atoms with E-state index in [1.54, 1.807) is 0 Å². The number of hydrogen-bond acceptors (Lipinski definition) is 2. The molecular formula is C17H26N2. The Kier molecular flexibility index (Phi) is 3.90. The van der Waals surface area contributed by atoms with Crippen molar-refractivity contribution in [2.75, 3.05) is 0 Å². The fraction of sp³-hybridized carbons (Fsp3) is 0.647. The molecule has 2 heteroatoms. The lowest BCUT2D eigenvalue weighted by molar-refractivity contribution is 0.107. The SMILES string of the molecule is CCCC1CCC(N)C(N2Cc3ccccc3C2)C1. The van der Waals surface area contributed by atoms with Gasteiger partial charge in [-0.25, -0.2) is 0 Å². The highest BCUT2D eigenvalue weighted by atomic mass is 15.2. The Morgan fingerprint density at radius 2 is 1.84 bits per heavy atom. The van der Waals surface area contributed by atoms with Crippen LogP contribution in [0, 0.1) is 5.92 Å². The van der Waals surface area contributed by atoms with Gasteiger partial charge < -0.3 is 5.73 Å². The lowest BCUT2D eigenvalue weighted by atomic mass is 9.80. The minimum Gasteiger partial charge on any atom is -0.326 e. The molecule has 3 rings (SSSR count). The van der Waals surface area contributed by atoms with Crippen LogP contribution in [0.4, 0.5) is 0 Å². The largest absolute Gasteiger partial charge is 0.326 e. The summed E-state index contributed by atoms with van der Waals surface area (Å²) in [6.07, 6.45) is 6.55. The van der Waals surface area contributed by atoms with Crippen molar-refractivity contribution in [2.45, 2.75) is 64.2 Å². The van der Waals surface area contributed by atoms with E-state index in [0.29, 0.717) is 12.1 Å². The van der Waals surface area contributed by atoms with Crippen molar-refractivity contribution in [1.82, 2.24) is 4.90 Å². The maximum Gasteiger partial charge on any atom is 0.0256 e. The van der Waals surface area contributed by atoms with Crippen LogP contribution in [0.25, 0.3) is 0 Å². The number of fused-ring (bicyclic) bond motifs is 1. The van der Waals surface area contributed by atoms with Gasteiger partial charge in [0, 0.05) is 25.2 Å². The third-order valence-electron chi connectivity index (χ3n) is 5.01. The summed E-state index contributed by atoms with van der Waals surface area (Å²) in [7, 11) is 0. The van der Waals surface area contributed by atoms with Gasteiger partial charge in [-0.15, -0.1) is 0 Å². The maximum absolute atomic E-state index is 6.41. The standard InChI is InChI=1S/C17H26N2/c1-2-5-13-8-9-16(18)17(10-13)19-11-14-6-3-4-7-15(14)12-19/h3-4,6-7,13,16-17H,2,5,8-12,18H2,1H3. The molecular weight excluding hydrogens is 232 g/mol. The van der Waals surface area contributed by atoms with Crippen LogP contribution in [0.2, 0.25) is 0 Å². The first kappa shape index (κ1) is 13.1. The Hall–Kier alpha value is -0.860. The monoisotopic (exact) mass is 258 g/mol. The minimum absolute atomic E-state index is 0.377. The van der Waals surface area contributed by atoms with Crippen molar-refractivity contribution in [3.05, 3.63) is 35.4 Å². The van der Waals surface area contributed by atoms with Crippen molar-refractivity contribution >= 4 is 0 Å². The van der Waals surface area contributed by atoms with Crippen molar-refractivity contribution in [1.29, 1.82) is 0 Å². The van der Waals surface area contributed by atoms with Gasteiger partial charge >= 0.3 is 0 Å². The van der Waals surface area contributed by atoms with E-state index in [-0.39, 0.29) is 0 Å². The minimum atomic E-state index is 0.377. The number of rotatable bonds is 3. The summed E-state index contributed by atoms with van der Waals surface area (Å²) in [6, 6.07) is 9.83. The lowest BCUT2D eigenvalue weighted by Crippen LogP contribution is -2.49. The summed E-state index contributed by atoms with van der Waals surface area (Å²) in [5, 5.41) is 0. The van der Waals surface area contributed by atoms with Crippen LogP contribution in [0.5, 0.6) is 0 Å². The Balaban J connectivity index is 1.69. The van der Waals surface area contributed by atoms with Gasteiger partial charge in [-0.3, -0.25) is 4.90 Å².